The second-order valence-corrected chi connectivity index (χ2v) is 2.70. The van der Waals surface area contributed by atoms with Crippen LogP contribution in [0.4, 0.5) is 4.39 Å². The van der Waals surface area contributed by atoms with E-state index in [1.54, 1.807) is 12.1 Å². The molecule has 3 N–H and O–H groups in total. The SMILES string of the molecule is NOCCc1ccc(F)c(CO)c1. The second kappa shape index (κ2) is 4.91. The van der Waals surface area contributed by atoms with Gasteiger partial charge < -0.3 is 9.94 Å². The third-order valence-corrected chi connectivity index (χ3v) is 1.79. The third-order valence-electron chi connectivity index (χ3n) is 1.79. The van der Waals surface area contributed by atoms with Crippen molar-refractivity contribution in [1.29, 1.82) is 0 Å². The highest BCUT2D eigenvalue weighted by molar-refractivity contribution is 5.24. The van der Waals surface area contributed by atoms with E-state index < -0.39 is 0 Å². The molecule has 0 heterocycles. The van der Waals surface area contributed by atoms with Gasteiger partial charge in [0, 0.05) is 5.56 Å². The maximum atomic E-state index is 12.9. The molecule has 0 unspecified atom stereocenters. The Kier molecular flexibility index (Phi) is 3.82. The van der Waals surface area contributed by atoms with Crippen molar-refractivity contribution in [2.24, 2.45) is 5.90 Å². The van der Waals surface area contributed by atoms with E-state index in [-0.39, 0.29) is 12.4 Å². The van der Waals surface area contributed by atoms with E-state index in [0.29, 0.717) is 18.6 Å². The fraction of sp³-hybridized carbons (Fsp3) is 0.333. The van der Waals surface area contributed by atoms with Gasteiger partial charge in [-0.05, 0) is 18.1 Å². The first-order valence-electron chi connectivity index (χ1n) is 3.97. The molecular formula is C9H12FNO2. The molecule has 0 aliphatic carbocycles. The lowest BCUT2D eigenvalue weighted by Crippen LogP contribution is -2.04. The Morgan fingerprint density at radius 3 is 2.85 bits per heavy atom. The van der Waals surface area contributed by atoms with Gasteiger partial charge in [0.05, 0.1) is 13.2 Å². The monoisotopic (exact) mass is 185 g/mol. The molecule has 4 heteroatoms. The number of hydrogen-bond acceptors (Lipinski definition) is 3. The maximum Gasteiger partial charge on any atom is 0.128 e. The molecule has 0 radical (unpaired) electrons. The fourth-order valence-corrected chi connectivity index (χ4v) is 1.08. The first kappa shape index (κ1) is 10.1. The van der Waals surface area contributed by atoms with Crippen molar-refractivity contribution in [1.82, 2.24) is 0 Å². The highest BCUT2D eigenvalue weighted by atomic mass is 19.1. The van der Waals surface area contributed by atoms with E-state index in [1.807, 2.05) is 0 Å². The van der Waals surface area contributed by atoms with E-state index in [9.17, 15) is 4.39 Å². The topological polar surface area (TPSA) is 55.5 Å². The second-order valence-electron chi connectivity index (χ2n) is 2.70. The summed E-state index contributed by atoms with van der Waals surface area (Å²) in [5, 5.41) is 8.77. The Bertz CT molecular complexity index is 278. The zero-order valence-corrected chi connectivity index (χ0v) is 7.16. The summed E-state index contributed by atoms with van der Waals surface area (Å²) in [6, 6.07) is 4.58. The predicted molar refractivity (Wildman–Crippen MR) is 46.2 cm³/mol. The van der Waals surface area contributed by atoms with Crippen molar-refractivity contribution in [3.8, 4) is 0 Å². The van der Waals surface area contributed by atoms with Crippen LogP contribution in [0, 0.1) is 5.82 Å². The van der Waals surface area contributed by atoms with Gasteiger partial charge in [-0.3, -0.25) is 0 Å². The van der Waals surface area contributed by atoms with Gasteiger partial charge in [-0.15, -0.1) is 0 Å². The third kappa shape index (κ3) is 2.77. The number of benzene rings is 1. The van der Waals surface area contributed by atoms with E-state index in [0.717, 1.165) is 5.56 Å². The molecule has 0 amide bonds. The summed E-state index contributed by atoms with van der Waals surface area (Å²) in [5.41, 5.74) is 1.20. The first-order chi connectivity index (χ1) is 6.27. The Balaban J connectivity index is 2.74. The number of halogens is 1. The summed E-state index contributed by atoms with van der Waals surface area (Å²) >= 11 is 0. The smallest absolute Gasteiger partial charge is 0.128 e. The standard InChI is InChI=1S/C9H12FNO2/c10-9-2-1-7(3-4-13-11)5-8(9)6-12/h1-2,5,12H,3-4,6,11H2. The van der Waals surface area contributed by atoms with Crippen LogP contribution in [0.5, 0.6) is 0 Å². The summed E-state index contributed by atoms with van der Waals surface area (Å²) in [5.74, 6) is 4.46. The van der Waals surface area contributed by atoms with Gasteiger partial charge in [0.15, 0.2) is 0 Å². The lowest BCUT2D eigenvalue weighted by molar-refractivity contribution is 0.141. The molecule has 1 rings (SSSR count). The minimum atomic E-state index is -0.389. The highest BCUT2D eigenvalue weighted by Crippen LogP contribution is 2.10. The lowest BCUT2D eigenvalue weighted by atomic mass is 10.1. The van der Waals surface area contributed by atoms with Crippen LogP contribution in [-0.2, 0) is 17.9 Å². The molecule has 0 aliphatic heterocycles. The molecule has 72 valence electrons. The summed E-state index contributed by atoms with van der Waals surface area (Å²) in [4.78, 5) is 4.39. The Morgan fingerprint density at radius 2 is 2.23 bits per heavy atom. The number of nitrogens with two attached hydrogens (primary N) is 1. The van der Waals surface area contributed by atoms with Gasteiger partial charge in [0.2, 0.25) is 0 Å². The largest absolute Gasteiger partial charge is 0.392 e. The molecule has 0 aromatic heterocycles. The summed E-state index contributed by atoms with van der Waals surface area (Å²) in [6.07, 6.45) is 0.615. The molecule has 0 fully saturated rings. The number of aliphatic hydroxyl groups is 1. The fourth-order valence-electron chi connectivity index (χ4n) is 1.08. The van der Waals surface area contributed by atoms with Gasteiger partial charge >= 0.3 is 0 Å². The van der Waals surface area contributed by atoms with Crippen molar-refractivity contribution >= 4 is 0 Å². The molecule has 0 atom stereocenters. The normalized spacial score (nSPS) is 10.4. The molecule has 1 aromatic carbocycles. The molecule has 0 bridgehead atoms. The summed E-state index contributed by atoms with van der Waals surface area (Å²) in [6.45, 7) is 0.0969. The molecule has 0 saturated heterocycles. The van der Waals surface area contributed by atoms with Crippen molar-refractivity contribution < 1.29 is 14.3 Å². The highest BCUT2D eigenvalue weighted by Gasteiger charge is 2.01. The Labute approximate surface area is 75.9 Å². The minimum Gasteiger partial charge on any atom is -0.392 e. The van der Waals surface area contributed by atoms with Crippen molar-refractivity contribution in [3.63, 3.8) is 0 Å². The van der Waals surface area contributed by atoms with Gasteiger partial charge in [-0.1, -0.05) is 12.1 Å². The van der Waals surface area contributed by atoms with E-state index in [4.69, 9.17) is 11.0 Å². The average Bonchev–Trinajstić information content (AvgIpc) is 2.16. The molecule has 0 saturated carbocycles. The average molecular weight is 185 g/mol. The van der Waals surface area contributed by atoms with Gasteiger partial charge in [0.25, 0.3) is 0 Å². The molecule has 0 aliphatic rings. The molecule has 3 nitrogen and oxygen atoms in total. The molecule has 1 aromatic rings. The summed E-state index contributed by atoms with van der Waals surface area (Å²) in [7, 11) is 0. The Morgan fingerprint density at radius 1 is 1.46 bits per heavy atom. The summed E-state index contributed by atoms with van der Waals surface area (Å²) < 4.78 is 12.9. The van der Waals surface area contributed by atoms with Crippen molar-refractivity contribution in [3.05, 3.63) is 35.1 Å². The Hall–Kier alpha value is -0.970. The van der Waals surface area contributed by atoms with Gasteiger partial charge in [-0.2, -0.15) is 0 Å². The van der Waals surface area contributed by atoms with Crippen LogP contribution in [0.1, 0.15) is 11.1 Å². The van der Waals surface area contributed by atoms with Crippen LogP contribution in [-0.4, -0.2) is 11.7 Å². The predicted octanol–water partition coefficient (Wildman–Crippen LogP) is 0.751. The van der Waals surface area contributed by atoms with Crippen LogP contribution in [0.2, 0.25) is 0 Å². The van der Waals surface area contributed by atoms with Crippen LogP contribution >= 0.6 is 0 Å². The maximum absolute atomic E-state index is 12.9. The van der Waals surface area contributed by atoms with E-state index >= 15 is 0 Å². The van der Waals surface area contributed by atoms with Crippen LogP contribution in [0.25, 0.3) is 0 Å². The van der Waals surface area contributed by atoms with Crippen molar-refractivity contribution in [2.45, 2.75) is 13.0 Å². The van der Waals surface area contributed by atoms with E-state index in [2.05, 4.69) is 4.84 Å². The zero-order chi connectivity index (χ0) is 9.68. The van der Waals surface area contributed by atoms with Crippen LogP contribution < -0.4 is 5.90 Å². The van der Waals surface area contributed by atoms with Gasteiger partial charge in [-0.25, -0.2) is 10.3 Å². The van der Waals surface area contributed by atoms with Crippen LogP contribution in [0.3, 0.4) is 0 Å². The minimum absolute atomic E-state index is 0.289. The molecular weight excluding hydrogens is 173 g/mol. The quantitative estimate of drug-likeness (QED) is 0.680. The van der Waals surface area contributed by atoms with Gasteiger partial charge in [0.1, 0.15) is 5.82 Å². The number of rotatable bonds is 4. The van der Waals surface area contributed by atoms with Crippen molar-refractivity contribution in [2.75, 3.05) is 6.61 Å². The lowest BCUT2D eigenvalue weighted by Gasteiger charge is -2.03. The zero-order valence-electron chi connectivity index (χ0n) is 7.16. The van der Waals surface area contributed by atoms with Crippen LogP contribution in [0.15, 0.2) is 18.2 Å². The number of hydrogen-bond donors (Lipinski definition) is 2. The molecule has 13 heavy (non-hydrogen) atoms. The van der Waals surface area contributed by atoms with E-state index in [1.165, 1.54) is 6.07 Å². The first-order valence-corrected chi connectivity index (χ1v) is 3.97. The molecule has 0 spiro atoms. The number of aliphatic hydroxyl groups excluding tert-OH is 1.